The lowest BCUT2D eigenvalue weighted by Crippen LogP contribution is -2.46. The van der Waals surface area contributed by atoms with E-state index >= 15 is 0 Å². The van der Waals surface area contributed by atoms with Crippen molar-refractivity contribution in [2.24, 2.45) is 4.99 Å². The molecule has 2 N–H and O–H groups in total. The smallest absolute Gasteiger partial charge is 0.213 e. The van der Waals surface area contributed by atoms with Gasteiger partial charge in [0.25, 0.3) is 0 Å². The first-order chi connectivity index (χ1) is 12.3. The number of nitrogens with one attached hydrogen (secondary N) is 2. The molecule has 0 saturated heterocycles. The summed E-state index contributed by atoms with van der Waals surface area (Å²) >= 11 is 0. The van der Waals surface area contributed by atoms with Gasteiger partial charge in [-0.2, -0.15) is 5.10 Å². The topological polar surface area (TPSA) is 89.3 Å². The van der Waals surface area contributed by atoms with E-state index in [1.165, 1.54) is 0 Å². The van der Waals surface area contributed by atoms with Crippen LogP contribution in [0.2, 0.25) is 0 Å². The molecule has 25 heavy (non-hydrogen) atoms. The van der Waals surface area contributed by atoms with Crippen LogP contribution in [-0.4, -0.2) is 45.4 Å². The monoisotopic (exact) mass is 343 g/mol. The molecular formula is C17H25N7O. The van der Waals surface area contributed by atoms with Gasteiger partial charge >= 0.3 is 0 Å². The van der Waals surface area contributed by atoms with Crippen molar-refractivity contribution < 1.29 is 4.74 Å². The summed E-state index contributed by atoms with van der Waals surface area (Å²) in [5, 5.41) is 11.0. The molecule has 2 aromatic rings. The summed E-state index contributed by atoms with van der Waals surface area (Å²) in [6, 6.07) is 4.21. The van der Waals surface area contributed by atoms with Crippen molar-refractivity contribution in [2.75, 3.05) is 13.7 Å². The van der Waals surface area contributed by atoms with E-state index in [4.69, 9.17) is 4.74 Å². The van der Waals surface area contributed by atoms with E-state index in [0.717, 1.165) is 43.2 Å². The van der Waals surface area contributed by atoms with Gasteiger partial charge in [0.05, 0.1) is 13.2 Å². The summed E-state index contributed by atoms with van der Waals surface area (Å²) in [6.07, 6.45) is 6.37. The average Bonchev–Trinajstić information content (AvgIpc) is 3.12. The van der Waals surface area contributed by atoms with Crippen molar-refractivity contribution in [3.05, 3.63) is 36.0 Å². The van der Waals surface area contributed by atoms with Crippen molar-refractivity contribution in [1.29, 1.82) is 0 Å². The number of nitrogens with zero attached hydrogens (tertiary/aromatic N) is 5. The Morgan fingerprint density at radius 3 is 3.08 bits per heavy atom. The molecule has 1 atom stereocenters. The minimum Gasteiger partial charge on any atom is -0.478 e. The fraction of sp³-hybridized carbons (Fsp3) is 0.529. The van der Waals surface area contributed by atoms with Crippen LogP contribution >= 0.6 is 0 Å². The largest absolute Gasteiger partial charge is 0.478 e. The maximum Gasteiger partial charge on any atom is 0.213 e. The van der Waals surface area contributed by atoms with Gasteiger partial charge in [-0.25, -0.2) is 14.6 Å². The lowest BCUT2D eigenvalue weighted by atomic mass is 10.1. The Bertz CT molecular complexity index is 695. The molecule has 8 heteroatoms. The van der Waals surface area contributed by atoms with Crippen LogP contribution in [0, 0.1) is 0 Å². The summed E-state index contributed by atoms with van der Waals surface area (Å²) in [6.45, 7) is 4.23. The maximum atomic E-state index is 5.50. The Kier molecular flexibility index (Phi) is 5.81. The molecule has 0 fully saturated rings. The highest BCUT2D eigenvalue weighted by molar-refractivity contribution is 5.79. The zero-order valence-electron chi connectivity index (χ0n) is 14.8. The van der Waals surface area contributed by atoms with Crippen molar-refractivity contribution in [3.8, 4) is 5.88 Å². The van der Waals surface area contributed by atoms with Crippen molar-refractivity contribution in [2.45, 2.75) is 45.3 Å². The average molecular weight is 343 g/mol. The third kappa shape index (κ3) is 4.68. The molecule has 0 saturated carbocycles. The van der Waals surface area contributed by atoms with Gasteiger partial charge in [0.2, 0.25) is 5.88 Å². The third-order valence-corrected chi connectivity index (χ3v) is 4.08. The Labute approximate surface area is 147 Å². The van der Waals surface area contributed by atoms with Gasteiger partial charge in [0.15, 0.2) is 5.96 Å². The van der Waals surface area contributed by atoms with E-state index in [9.17, 15) is 0 Å². The van der Waals surface area contributed by atoms with Crippen LogP contribution in [0.3, 0.4) is 0 Å². The normalized spacial score (nSPS) is 17.0. The maximum absolute atomic E-state index is 5.50. The molecule has 134 valence electrons. The summed E-state index contributed by atoms with van der Waals surface area (Å²) < 4.78 is 7.45. The van der Waals surface area contributed by atoms with Crippen LogP contribution in [0.1, 0.15) is 31.2 Å². The van der Waals surface area contributed by atoms with Crippen molar-refractivity contribution in [1.82, 2.24) is 30.4 Å². The Balaban J connectivity index is 1.48. The molecule has 0 spiro atoms. The number of guanidine groups is 1. The number of aryl methyl sites for hydroxylation is 1. The number of hydrogen-bond acceptors (Lipinski definition) is 5. The minimum atomic E-state index is 0.295. The Morgan fingerprint density at radius 1 is 1.40 bits per heavy atom. The lowest BCUT2D eigenvalue weighted by Gasteiger charge is -2.25. The van der Waals surface area contributed by atoms with Gasteiger partial charge in [0, 0.05) is 38.3 Å². The first kappa shape index (κ1) is 17.2. The molecule has 0 amide bonds. The lowest BCUT2D eigenvalue weighted by molar-refractivity contribution is 0.305. The summed E-state index contributed by atoms with van der Waals surface area (Å²) in [5.41, 5.74) is 1.08. The molecule has 0 radical (unpaired) electrons. The second-order valence-corrected chi connectivity index (χ2v) is 6.02. The highest BCUT2D eigenvalue weighted by Gasteiger charge is 2.20. The fourth-order valence-corrected chi connectivity index (χ4v) is 2.74. The first-order valence-electron chi connectivity index (χ1n) is 8.70. The second-order valence-electron chi connectivity index (χ2n) is 6.02. The minimum absolute atomic E-state index is 0.295. The SMILES string of the molecule is CCCOc1ccc(CNC(=NC)NC2CCc3ncnn3C2)cn1. The molecule has 8 nitrogen and oxygen atoms in total. The molecule has 1 aliphatic heterocycles. The number of aliphatic imine (C=N–C) groups is 1. The van der Waals surface area contributed by atoms with Gasteiger partial charge < -0.3 is 15.4 Å². The molecular weight excluding hydrogens is 318 g/mol. The number of fused-ring (bicyclic) bond motifs is 1. The van der Waals surface area contributed by atoms with Crippen LogP contribution in [0.25, 0.3) is 0 Å². The molecule has 0 bridgehead atoms. The van der Waals surface area contributed by atoms with E-state index < -0.39 is 0 Å². The van der Waals surface area contributed by atoms with Gasteiger partial charge in [-0.1, -0.05) is 13.0 Å². The van der Waals surface area contributed by atoms with Crippen LogP contribution < -0.4 is 15.4 Å². The summed E-state index contributed by atoms with van der Waals surface area (Å²) in [5.74, 6) is 2.50. The molecule has 3 heterocycles. The Morgan fingerprint density at radius 2 is 2.32 bits per heavy atom. The van der Waals surface area contributed by atoms with Crippen LogP contribution in [0.5, 0.6) is 5.88 Å². The second kappa shape index (κ2) is 8.46. The molecule has 1 unspecified atom stereocenters. The number of pyridine rings is 1. The van der Waals surface area contributed by atoms with Gasteiger partial charge in [-0.3, -0.25) is 4.99 Å². The van der Waals surface area contributed by atoms with E-state index in [1.54, 1.807) is 13.4 Å². The predicted octanol–water partition coefficient (Wildman–Crippen LogP) is 1.14. The number of hydrogen-bond donors (Lipinski definition) is 2. The van der Waals surface area contributed by atoms with Crippen LogP contribution in [0.4, 0.5) is 0 Å². The summed E-state index contributed by atoms with van der Waals surface area (Å²) in [7, 11) is 1.78. The molecule has 0 aliphatic carbocycles. The highest BCUT2D eigenvalue weighted by Crippen LogP contribution is 2.11. The highest BCUT2D eigenvalue weighted by atomic mass is 16.5. The van der Waals surface area contributed by atoms with Crippen LogP contribution in [-0.2, 0) is 19.5 Å². The molecule has 0 aromatic carbocycles. The standard InChI is InChI=1S/C17H25N7O/c1-3-8-25-16-7-4-13(9-19-16)10-20-17(18-2)23-14-5-6-15-21-12-22-24(15)11-14/h4,7,9,12,14H,3,5-6,8,10-11H2,1-2H3,(H2,18,20,23). The zero-order chi connectivity index (χ0) is 17.5. The van der Waals surface area contributed by atoms with Crippen LogP contribution in [0.15, 0.2) is 29.6 Å². The zero-order valence-corrected chi connectivity index (χ0v) is 14.8. The number of ether oxygens (including phenoxy) is 1. The third-order valence-electron chi connectivity index (χ3n) is 4.08. The van der Waals surface area contributed by atoms with E-state index in [0.29, 0.717) is 25.1 Å². The predicted molar refractivity (Wildman–Crippen MR) is 95.5 cm³/mol. The fourth-order valence-electron chi connectivity index (χ4n) is 2.74. The molecule has 1 aliphatic rings. The van der Waals surface area contributed by atoms with Crippen molar-refractivity contribution >= 4 is 5.96 Å². The van der Waals surface area contributed by atoms with Crippen molar-refractivity contribution in [3.63, 3.8) is 0 Å². The molecule has 2 aromatic heterocycles. The van der Waals surface area contributed by atoms with Gasteiger partial charge in [0.1, 0.15) is 12.2 Å². The van der Waals surface area contributed by atoms with Gasteiger partial charge in [-0.05, 0) is 18.4 Å². The van der Waals surface area contributed by atoms with E-state index in [-0.39, 0.29) is 0 Å². The number of aromatic nitrogens is 4. The van der Waals surface area contributed by atoms with E-state index in [1.807, 2.05) is 23.0 Å². The number of rotatable bonds is 6. The first-order valence-corrected chi connectivity index (χ1v) is 8.70. The van der Waals surface area contributed by atoms with Gasteiger partial charge in [-0.15, -0.1) is 0 Å². The van der Waals surface area contributed by atoms with E-state index in [2.05, 4.69) is 37.6 Å². The summed E-state index contributed by atoms with van der Waals surface area (Å²) in [4.78, 5) is 12.9. The Hall–Kier alpha value is -2.64. The molecule has 3 rings (SSSR count). The quantitative estimate of drug-likeness (QED) is 0.604.